The van der Waals surface area contributed by atoms with Gasteiger partial charge in [-0.25, -0.2) is 0 Å². The highest BCUT2D eigenvalue weighted by Crippen LogP contribution is 2.49. The summed E-state index contributed by atoms with van der Waals surface area (Å²) in [6.45, 7) is 0. The lowest BCUT2D eigenvalue weighted by Gasteiger charge is -2.27. The van der Waals surface area contributed by atoms with Crippen molar-refractivity contribution in [3.63, 3.8) is 0 Å². The molecule has 0 N–H and O–H groups in total. The molecule has 3 heteroatoms. The van der Waals surface area contributed by atoms with E-state index in [1.807, 2.05) is 11.3 Å². The quantitative estimate of drug-likeness (QED) is 0.178. The van der Waals surface area contributed by atoms with Crippen molar-refractivity contribution in [1.82, 2.24) is 0 Å². The van der Waals surface area contributed by atoms with E-state index in [-0.39, 0.29) is 0 Å². The molecule has 9 aromatic carbocycles. The minimum atomic E-state index is 0.943. The van der Waals surface area contributed by atoms with Crippen molar-refractivity contribution in [3.8, 4) is 22.3 Å². The Hall–Kier alpha value is -6.68. The molecular formula is C50H31NOS. The minimum absolute atomic E-state index is 0.943. The van der Waals surface area contributed by atoms with Crippen LogP contribution in [-0.2, 0) is 0 Å². The largest absolute Gasteiger partial charge is 0.455 e. The number of hydrogen-bond donors (Lipinski definition) is 0. The van der Waals surface area contributed by atoms with Crippen molar-refractivity contribution in [2.45, 2.75) is 0 Å². The molecule has 0 aliphatic rings. The number of rotatable bonds is 5. The van der Waals surface area contributed by atoms with E-state index in [0.717, 1.165) is 49.8 Å². The van der Waals surface area contributed by atoms with E-state index < -0.39 is 0 Å². The van der Waals surface area contributed by atoms with Crippen LogP contribution in [0.5, 0.6) is 0 Å². The summed E-state index contributed by atoms with van der Waals surface area (Å²) in [7, 11) is 0. The van der Waals surface area contributed by atoms with Gasteiger partial charge in [-0.2, -0.15) is 0 Å². The van der Waals surface area contributed by atoms with Crippen molar-refractivity contribution in [1.29, 1.82) is 0 Å². The number of fused-ring (bicyclic) bond motifs is 10. The maximum absolute atomic E-state index is 6.94. The molecule has 2 nitrogen and oxygen atoms in total. The maximum Gasteiger partial charge on any atom is 0.144 e. The predicted octanol–water partition coefficient (Wildman–Crippen LogP) is 15.1. The number of nitrogens with zero attached hydrogens (tertiary/aromatic N) is 1. The zero-order chi connectivity index (χ0) is 34.9. The SMILES string of the molecule is c1ccc(-c2ccc(N(c3ccc(-c4cccc5ccccc45)cc3)c3cccc4sc5ccc6c7ccc8ccccc8c7oc6c5c34)cc2)cc1. The zero-order valence-corrected chi connectivity index (χ0v) is 29.5. The standard InChI is InChI=1S/C50H31NOS/c1-2-10-32(11-3-1)33-20-25-37(26-21-33)51(38-27-22-36(23-28-38)40-17-8-14-34-12-4-6-15-39(34)40)44-18-9-19-45-47(44)48-46(53-45)31-30-43-42-29-24-35-13-5-7-16-41(35)49(42)52-50(43)48/h1-31H. The Morgan fingerprint density at radius 3 is 1.74 bits per heavy atom. The van der Waals surface area contributed by atoms with Gasteiger partial charge in [0.2, 0.25) is 0 Å². The molecule has 11 aromatic rings. The first-order valence-electron chi connectivity index (χ1n) is 18.0. The lowest BCUT2D eigenvalue weighted by Crippen LogP contribution is -2.10. The molecular weight excluding hydrogens is 663 g/mol. The van der Waals surface area contributed by atoms with Crippen LogP contribution in [0.4, 0.5) is 17.1 Å². The third-order valence-electron chi connectivity index (χ3n) is 10.7. The van der Waals surface area contributed by atoms with Crippen LogP contribution in [0.3, 0.4) is 0 Å². The molecule has 0 spiro atoms. The smallest absolute Gasteiger partial charge is 0.144 e. The Labute approximate surface area is 310 Å². The Bertz CT molecular complexity index is 3150. The normalized spacial score (nSPS) is 11.8. The number of furan rings is 1. The van der Waals surface area contributed by atoms with E-state index in [4.69, 9.17) is 4.42 Å². The van der Waals surface area contributed by atoms with Gasteiger partial charge in [0.15, 0.2) is 0 Å². The molecule has 0 saturated heterocycles. The predicted molar refractivity (Wildman–Crippen MR) is 227 cm³/mol. The summed E-state index contributed by atoms with van der Waals surface area (Å²) in [5.74, 6) is 0. The van der Waals surface area contributed by atoms with Crippen LogP contribution in [0.25, 0.3) is 85.9 Å². The van der Waals surface area contributed by atoms with Crippen molar-refractivity contribution in [2.75, 3.05) is 4.90 Å². The summed E-state index contributed by atoms with van der Waals surface area (Å²) in [5, 5.41) is 9.48. The van der Waals surface area contributed by atoms with Crippen LogP contribution >= 0.6 is 11.3 Å². The van der Waals surface area contributed by atoms with E-state index >= 15 is 0 Å². The van der Waals surface area contributed by atoms with Gasteiger partial charge in [-0.1, -0.05) is 133 Å². The Kier molecular flexibility index (Phi) is 6.76. The molecule has 0 unspecified atom stereocenters. The lowest BCUT2D eigenvalue weighted by atomic mass is 9.98. The molecule has 2 heterocycles. The van der Waals surface area contributed by atoms with Gasteiger partial charge in [0.05, 0.1) is 5.69 Å². The molecule has 0 amide bonds. The van der Waals surface area contributed by atoms with Crippen LogP contribution in [0.1, 0.15) is 0 Å². The first-order chi connectivity index (χ1) is 26.3. The van der Waals surface area contributed by atoms with Crippen LogP contribution in [0.15, 0.2) is 192 Å². The van der Waals surface area contributed by atoms with E-state index in [1.54, 1.807) is 0 Å². The third kappa shape index (κ3) is 4.78. The van der Waals surface area contributed by atoms with E-state index in [9.17, 15) is 0 Å². The van der Waals surface area contributed by atoms with Crippen molar-refractivity contribution >= 4 is 92.1 Å². The van der Waals surface area contributed by atoms with Gasteiger partial charge in [0.1, 0.15) is 11.2 Å². The Morgan fingerprint density at radius 1 is 0.358 bits per heavy atom. The molecule has 53 heavy (non-hydrogen) atoms. The van der Waals surface area contributed by atoms with Gasteiger partial charge in [-0.15, -0.1) is 11.3 Å². The van der Waals surface area contributed by atoms with Gasteiger partial charge < -0.3 is 9.32 Å². The average Bonchev–Trinajstić information content (AvgIpc) is 3.81. The second-order valence-electron chi connectivity index (χ2n) is 13.7. The Balaban J connectivity index is 1.15. The number of hydrogen-bond acceptors (Lipinski definition) is 3. The van der Waals surface area contributed by atoms with Gasteiger partial charge in [0, 0.05) is 47.7 Å². The molecule has 0 saturated carbocycles. The fourth-order valence-corrected chi connectivity index (χ4v) is 9.29. The fraction of sp³-hybridized carbons (Fsp3) is 0. The molecule has 0 aliphatic heterocycles. The van der Waals surface area contributed by atoms with Gasteiger partial charge in [0.25, 0.3) is 0 Å². The number of benzene rings is 9. The van der Waals surface area contributed by atoms with E-state index in [0.29, 0.717) is 0 Å². The van der Waals surface area contributed by atoms with Crippen LogP contribution < -0.4 is 4.90 Å². The lowest BCUT2D eigenvalue weighted by molar-refractivity contribution is 0.677. The molecule has 11 rings (SSSR count). The minimum Gasteiger partial charge on any atom is -0.455 e. The van der Waals surface area contributed by atoms with Gasteiger partial charge >= 0.3 is 0 Å². The average molecular weight is 694 g/mol. The monoisotopic (exact) mass is 693 g/mol. The van der Waals surface area contributed by atoms with Crippen LogP contribution in [-0.4, -0.2) is 0 Å². The highest BCUT2D eigenvalue weighted by molar-refractivity contribution is 7.26. The molecule has 248 valence electrons. The zero-order valence-electron chi connectivity index (χ0n) is 28.7. The molecule has 0 radical (unpaired) electrons. The second kappa shape index (κ2) is 11.9. The Morgan fingerprint density at radius 2 is 0.943 bits per heavy atom. The third-order valence-corrected chi connectivity index (χ3v) is 11.8. The summed E-state index contributed by atoms with van der Waals surface area (Å²) in [6.07, 6.45) is 0. The molecule has 0 atom stereocenters. The fourth-order valence-electron chi connectivity index (χ4n) is 8.16. The van der Waals surface area contributed by atoms with Gasteiger partial charge in [-0.05, 0) is 93.0 Å². The number of thiophene rings is 1. The van der Waals surface area contributed by atoms with Crippen molar-refractivity contribution in [3.05, 3.63) is 188 Å². The van der Waals surface area contributed by atoms with Gasteiger partial charge in [-0.3, -0.25) is 0 Å². The highest BCUT2D eigenvalue weighted by atomic mass is 32.1. The number of anilines is 3. The van der Waals surface area contributed by atoms with Crippen molar-refractivity contribution < 1.29 is 4.42 Å². The highest BCUT2D eigenvalue weighted by Gasteiger charge is 2.22. The van der Waals surface area contributed by atoms with E-state index in [2.05, 4.69) is 193 Å². The van der Waals surface area contributed by atoms with Crippen LogP contribution in [0, 0.1) is 0 Å². The maximum atomic E-state index is 6.94. The first-order valence-corrected chi connectivity index (χ1v) is 18.8. The summed E-state index contributed by atoms with van der Waals surface area (Å²) in [5.41, 5.74) is 10.0. The summed E-state index contributed by atoms with van der Waals surface area (Å²) >= 11 is 1.83. The van der Waals surface area contributed by atoms with Crippen molar-refractivity contribution in [2.24, 2.45) is 0 Å². The summed E-state index contributed by atoms with van der Waals surface area (Å²) in [4.78, 5) is 2.41. The van der Waals surface area contributed by atoms with Crippen LogP contribution in [0.2, 0.25) is 0 Å². The summed E-state index contributed by atoms with van der Waals surface area (Å²) < 4.78 is 9.39. The second-order valence-corrected chi connectivity index (χ2v) is 14.7. The molecule has 0 aliphatic carbocycles. The first kappa shape index (κ1) is 30.0. The molecule has 2 aromatic heterocycles. The van der Waals surface area contributed by atoms with E-state index in [1.165, 1.54) is 53.2 Å². The molecule has 0 bridgehead atoms. The summed E-state index contributed by atoms with van der Waals surface area (Å²) in [6, 6.07) is 67.9. The topological polar surface area (TPSA) is 16.4 Å². The molecule has 0 fully saturated rings.